The minimum atomic E-state index is -0.853. The molecule has 0 aromatic heterocycles. The van der Waals surface area contributed by atoms with Crippen LogP contribution in [0.25, 0.3) is 0 Å². The lowest BCUT2D eigenvalue weighted by Crippen LogP contribution is -2.56. The number of carbonyl (C=O) groups excluding carboxylic acids is 1. The summed E-state index contributed by atoms with van der Waals surface area (Å²) >= 11 is 0. The number of aliphatic carboxylic acids is 1. The summed E-state index contributed by atoms with van der Waals surface area (Å²) in [6.45, 7) is 2.78. The number of halogens is 1. The fourth-order valence-electron chi connectivity index (χ4n) is 4.00. The number of carboxylic acids is 1. The molecule has 0 spiro atoms. The number of likely N-dealkylation sites (tertiary alicyclic amines) is 1. The van der Waals surface area contributed by atoms with Gasteiger partial charge in [-0.05, 0) is 43.5 Å². The van der Waals surface area contributed by atoms with Crippen LogP contribution in [0, 0.1) is 5.82 Å². The minimum Gasteiger partial charge on any atom is -0.480 e. The van der Waals surface area contributed by atoms with Crippen LogP contribution in [0.3, 0.4) is 0 Å². The van der Waals surface area contributed by atoms with Crippen molar-refractivity contribution in [3.05, 3.63) is 35.6 Å². The van der Waals surface area contributed by atoms with Crippen LogP contribution in [0.5, 0.6) is 0 Å². The monoisotopic (exact) mass is 379 g/mol. The quantitative estimate of drug-likeness (QED) is 0.698. The van der Waals surface area contributed by atoms with Gasteiger partial charge in [-0.2, -0.15) is 0 Å². The van der Waals surface area contributed by atoms with Crippen LogP contribution >= 0.6 is 0 Å². The van der Waals surface area contributed by atoms with Crippen LogP contribution in [0.2, 0.25) is 0 Å². The zero-order chi connectivity index (χ0) is 19.6. The molecule has 2 fully saturated rings. The summed E-state index contributed by atoms with van der Waals surface area (Å²) in [7, 11) is 0. The average molecular weight is 379 g/mol. The SMILES string of the molecule is CCN(CC(=O)O)C1CC(NC(=O)N2CC(O)CC2c2cccc(F)c2)C1. The Hall–Kier alpha value is -2.19. The fourth-order valence-corrected chi connectivity index (χ4v) is 4.00. The van der Waals surface area contributed by atoms with Crippen molar-refractivity contribution in [3.63, 3.8) is 0 Å². The molecule has 1 aromatic rings. The van der Waals surface area contributed by atoms with E-state index in [2.05, 4.69) is 5.32 Å². The molecule has 3 rings (SSSR count). The van der Waals surface area contributed by atoms with E-state index in [0.717, 1.165) is 0 Å². The number of β-amino-alcohol motifs (C(OH)–C–C–N with tert-alkyl or cyclic N) is 1. The molecule has 1 saturated heterocycles. The zero-order valence-electron chi connectivity index (χ0n) is 15.3. The molecule has 0 radical (unpaired) electrons. The number of aliphatic hydroxyl groups excluding tert-OH is 1. The number of nitrogens with one attached hydrogen (secondary N) is 1. The van der Waals surface area contributed by atoms with Crippen LogP contribution in [0.4, 0.5) is 9.18 Å². The molecule has 7 nitrogen and oxygen atoms in total. The molecule has 1 saturated carbocycles. The van der Waals surface area contributed by atoms with Crippen LogP contribution in [-0.4, -0.2) is 69.8 Å². The molecular formula is C19H26FN3O4. The summed E-state index contributed by atoms with van der Waals surface area (Å²) in [5, 5.41) is 21.9. The number of nitrogens with zero attached hydrogens (tertiary/aromatic N) is 2. The van der Waals surface area contributed by atoms with Gasteiger partial charge in [0.2, 0.25) is 0 Å². The Labute approximate surface area is 157 Å². The second kappa shape index (κ2) is 8.22. The summed E-state index contributed by atoms with van der Waals surface area (Å²) in [6, 6.07) is 5.62. The predicted molar refractivity (Wildman–Crippen MR) is 96.7 cm³/mol. The van der Waals surface area contributed by atoms with Gasteiger partial charge in [-0.3, -0.25) is 9.69 Å². The second-order valence-corrected chi connectivity index (χ2v) is 7.34. The van der Waals surface area contributed by atoms with E-state index in [4.69, 9.17) is 5.11 Å². The third-order valence-electron chi connectivity index (χ3n) is 5.48. The first-order valence-corrected chi connectivity index (χ1v) is 9.33. The van der Waals surface area contributed by atoms with Crippen molar-refractivity contribution in [2.45, 2.75) is 50.4 Å². The van der Waals surface area contributed by atoms with Gasteiger partial charge in [-0.1, -0.05) is 19.1 Å². The summed E-state index contributed by atoms with van der Waals surface area (Å²) in [5.41, 5.74) is 0.673. The van der Waals surface area contributed by atoms with Gasteiger partial charge in [0.1, 0.15) is 5.82 Å². The van der Waals surface area contributed by atoms with E-state index in [1.54, 1.807) is 17.0 Å². The van der Waals surface area contributed by atoms with Gasteiger partial charge in [0.15, 0.2) is 0 Å². The van der Waals surface area contributed by atoms with E-state index in [9.17, 15) is 19.1 Å². The number of aliphatic hydroxyl groups is 1. The molecule has 0 bridgehead atoms. The van der Waals surface area contributed by atoms with Gasteiger partial charge in [0.05, 0.1) is 18.7 Å². The van der Waals surface area contributed by atoms with E-state index < -0.39 is 12.1 Å². The Balaban J connectivity index is 1.57. The van der Waals surface area contributed by atoms with E-state index in [1.807, 2.05) is 11.8 Å². The maximum absolute atomic E-state index is 13.5. The Morgan fingerprint density at radius 1 is 1.33 bits per heavy atom. The number of hydrogen-bond acceptors (Lipinski definition) is 4. The number of urea groups is 1. The van der Waals surface area contributed by atoms with E-state index in [0.29, 0.717) is 31.4 Å². The van der Waals surface area contributed by atoms with E-state index in [1.165, 1.54) is 12.1 Å². The van der Waals surface area contributed by atoms with Crippen molar-refractivity contribution in [3.8, 4) is 0 Å². The van der Waals surface area contributed by atoms with Gasteiger partial charge in [0.25, 0.3) is 0 Å². The molecular weight excluding hydrogens is 353 g/mol. The number of hydrogen-bond donors (Lipinski definition) is 3. The van der Waals surface area contributed by atoms with Crippen molar-refractivity contribution in [1.82, 2.24) is 15.1 Å². The molecule has 2 atom stereocenters. The lowest BCUT2D eigenvalue weighted by molar-refractivity contribution is -0.139. The van der Waals surface area contributed by atoms with Gasteiger partial charge < -0.3 is 20.4 Å². The number of benzene rings is 1. The number of rotatable bonds is 6. The van der Waals surface area contributed by atoms with Crippen molar-refractivity contribution < 1.29 is 24.2 Å². The van der Waals surface area contributed by atoms with E-state index in [-0.39, 0.29) is 43.1 Å². The first-order chi connectivity index (χ1) is 12.9. The summed E-state index contributed by atoms with van der Waals surface area (Å²) in [6.07, 6.45) is 1.15. The van der Waals surface area contributed by atoms with Gasteiger partial charge in [0, 0.05) is 18.6 Å². The Bertz CT molecular complexity index is 695. The lowest BCUT2D eigenvalue weighted by Gasteiger charge is -2.43. The van der Waals surface area contributed by atoms with Gasteiger partial charge in [-0.15, -0.1) is 0 Å². The normalized spacial score (nSPS) is 27.5. The van der Waals surface area contributed by atoms with Crippen LogP contribution in [0.15, 0.2) is 24.3 Å². The molecule has 1 aliphatic heterocycles. The second-order valence-electron chi connectivity index (χ2n) is 7.34. The number of likely N-dealkylation sites (N-methyl/N-ethyl adjacent to an activating group) is 1. The van der Waals surface area contributed by atoms with Crippen molar-refractivity contribution >= 4 is 12.0 Å². The van der Waals surface area contributed by atoms with Crippen molar-refractivity contribution in [1.29, 1.82) is 0 Å². The predicted octanol–water partition coefficient (Wildman–Crippen LogP) is 1.58. The number of carboxylic acid groups (broad SMARTS) is 1. The zero-order valence-corrected chi connectivity index (χ0v) is 15.3. The van der Waals surface area contributed by atoms with Crippen LogP contribution < -0.4 is 5.32 Å². The molecule has 2 unspecified atom stereocenters. The number of carbonyl (C=O) groups is 2. The third-order valence-corrected chi connectivity index (χ3v) is 5.48. The maximum atomic E-state index is 13.5. The highest BCUT2D eigenvalue weighted by atomic mass is 19.1. The molecule has 8 heteroatoms. The largest absolute Gasteiger partial charge is 0.480 e. The molecule has 2 amide bonds. The third kappa shape index (κ3) is 4.56. The van der Waals surface area contributed by atoms with E-state index >= 15 is 0 Å². The Kier molecular flexibility index (Phi) is 5.96. The lowest BCUT2D eigenvalue weighted by atomic mass is 9.85. The van der Waals surface area contributed by atoms with Gasteiger partial charge in [-0.25, -0.2) is 9.18 Å². The molecule has 1 aliphatic carbocycles. The smallest absolute Gasteiger partial charge is 0.318 e. The molecule has 27 heavy (non-hydrogen) atoms. The maximum Gasteiger partial charge on any atom is 0.318 e. The highest BCUT2D eigenvalue weighted by molar-refractivity contribution is 5.75. The molecule has 3 N–H and O–H groups in total. The molecule has 148 valence electrons. The number of amides is 2. The summed E-state index contributed by atoms with van der Waals surface area (Å²) in [4.78, 5) is 27.0. The molecule has 1 heterocycles. The average Bonchev–Trinajstić information content (AvgIpc) is 2.97. The fraction of sp³-hybridized carbons (Fsp3) is 0.579. The first kappa shape index (κ1) is 19.6. The van der Waals surface area contributed by atoms with Crippen LogP contribution in [-0.2, 0) is 4.79 Å². The topological polar surface area (TPSA) is 93.1 Å². The molecule has 2 aliphatic rings. The van der Waals surface area contributed by atoms with Gasteiger partial charge >= 0.3 is 12.0 Å². The summed E-state index contributed by atoms with van der Waals surface area (Å²) in [5.74, 6) is -1.22. The highest BCUT2D eigenvalue weighted by Gasteiger charge is 2.39. The summed E-state index contributed by atoms with van der Waals surface area (Å²) < 4.78 is 13.5. The Morgan fingerprint density at radius 3 is 2.70 bits per heavy atom. The van der Waals surface area contributed by atoms with Crippen LogP contribution in [0.1, 0.15) is 37.8 Å². The highest BCUT2D eigenvalue weighted by Crippen LogP contribution is 2.33. The molecule has 1 aromatic carbocycles. The van der Waals surface area contributed by atoms with Crippen molar-refractivity contribution in [2.75, 3.05) is 19.6 Å². The Morgan fingerprint density at radius 2 is 2.07 bits per heavy atom. The first-order valence-electron chi connectivity index (χ1n) is 9.33. The minimum absolute atomic E-state index is 0.00178. The van der Waals surface area contributed by atoms with Crippen molar-refractivity contribution in [2.24, 2.45) is 0 Å². The standard InChI is InChI=1S/C19H26FN3O4/c1-2-22(11-18(25)26)15-7-14(8-15)21-19(27)23-10-16(24)9-17(23)12-4-3-5-13(20)6-12/h3-6,14-17,24H,2,7-11H2,1H3,(H,21,27)(H,25,26).